The topological polar surface area (TPSA) is 25.8 Å². The molecule has 0 aliphatic carbocycles. The zero-order chi connectivity index (χ0) is 25.0. The van der Waals surface area contributed by atoms with Gasteiger partial charge >= 0.3 is 0 Å². The van der Waals surface area contributed by atoms with Crippen molar-refractivity contribution in [3.8, 4) is 56.2 Å². The Balaban J connectivity index is 1.47. The van der Waals surface area contributed by atoms with Gasteiger partial charge in [0.05, 0.1) is 11.4 Å². The number of halogens is 1. The summed E-state index contributed by atoms with van der Waals surface area (Å²) in [4.78, 5) is 9.93. The van der Waals surface area contributed by atoms with Gasteiger partial charge in [0.2, 0.25) is 0 Å². The van der Waals surface area contributed by atoms with Crippen LogP contribution in [-0.2, 0) is 0 Å². The first-order valence-corrected chi connectivity index (χ1v) is 12.6. The monoisotopic (exact) mass is 494 g/mol. The van der Waals surface area contributed by atoms with E-state index in [1.165, 1.54) is 11.1 Å². The van der Waals surface area contributed by atoms with Gasteiger partial charge in [0.1, 0.15) is 0 Å². The molecule has 0 saturated heterocycles. The average molecular weight is 495 g/mol. The summed E-state index contributed by atoms with van der Waals surface area (Å²) in [5.74, 6) is 0.682. The fraction of sp³-hybridized carbons (Fsp3) is 0. The van der Waals surface area contributed by atoms with Crippen LogP contribution in [0.4, 0.5) is 0 Å². The molecule has 1 aromatic heterocycles. The first-order valence-electron chi connectivity index (χ1n) is 12.2. The van der Waals surface area contributed by atoms with Gasteiger partial charge in [-0.2, -0.15) is 0 Å². The number of aromatic nitrogens is 2. The van der Waals surface area contributed by atoms with Crippen molar-refractivity contribution in [1.29, 1.82) is 0 Å². The standard InChI is InChI=1S/C34H23ClN2/c35-31-21-29(25-12-6-2-7-13-25)20-30(22-31)33-23-32(36-34(37-33)28-14-8-3-9-15-28)27-18-16-26(17-19-27)24-10-4-1-5-11-24/h1-23H. The molecule has 1 heterocycles. The summed E-state index contributed by atoms with van der Waals surface area (Å²) >= 11 is 6.60. The predicted molar refractivity (Wildman–Crippen MR) is 154 cm³/mol. The molecule has 0 atom stereocenters. The summed E-state index contributed by atoms with van der Waals surface area (Å²) in [6.07, 6.45) is 0. The summed E-state index contributed by atoms with van der Waals surface area (Å²) < 4.78 is 0. The molecule has 0 aliphatic heterocycles. The number of hydrogen-bond acceptors (Lipinski definition) is 2. The second-order valence-electron chi connectivity index (χ2n) is 8.87. The fourth-order valence-electron chi connectivity index (χ4n) is 4.46. The normalized spacial score (nSPS) is 10.8. The van der Waals surface area contributed by atoms with Gasteiger partial charge in [0, 0.05) is 21.7 Å². The lowest BCUT2D eigenvalue weighted by atomic mass is 9.99. The van der Waals surface area contributed by atoms with Crippen LogP contribution in [0.1, 0.15) is 0 Å². The maximum Gasteiger partial charge on any atom is 0.160 e. The van der Waals surface area contributed by atoms with Gasteiger partial charge in [-0.05, 0) is 46.5 Å². The molecule has 0 saturated carbocycles. The second-order valence-corrected chi connectivity index (χ2v) is 9.30. The molecular weight excluding hydrogens is 472 g/mol. The number of nitrogens with zero attached hydrogens (tertiary/aromatic N) is 2. The van der Waals surface area contributed by atoms with Crippen molar-refractivity contribution in [3.63, 3.8) is 0 Å². The molecule has 0 radical (unpaired) electrons. The van der Waals surface area contributed by atoms with Gasteiger partial charge in [0.25, 0.3) is 0 Å². The van der Waals surface area contributed by atoms with E-state index in [9.17, 15) is 0 Å². The second kappa shape index (κ2) is 10.2. The lowest BCUT2D eigenvalue weighted by Gasteiger charge is -2.12. The summed E-state index contributed by atoms with van der Waals surface area (Å²) in [5, 5.41) is 0.671. The maximum atomic E-state index is 6.60. The SMILES string of the molecule is Clc1cc(-c2ccccc2)cc(-c2cc(-c3ccc(-c4ccccc4)cc3)nc(-c3ccccc3)n2)c1. The minimum Gasteiger partial charge on any atom is -0.228 e. The Labute approximate surface area is 221 Å². The Morgan fingerprint density at radius 1 is 0.351 bits per heavy atom. The molecule has 2 nitrogen and oxygen atoms in total. The van der Waals surface area contributed by atoms with E-state index in [0.717, 1.165) is 39.2 Å². The molecule has 37 heavy (non-hydrogen) atoms. The first kappa shape index (κ1) is 22.9. The highest BCUT2D eigenvalue weighted by atomic mass is 35.5. The van der Waals surface area contributed by atoms with Gasteiger partial charge in [-0.15, -0.1) is 0 Å². The van der Waals surface area contributed by atoms with Gasteiger partial charge in [-0.25, -0.2) is 9.97 Å². The molecule has 0 N–H and O–H groups in total. The van der Waals surface area contributed by atoms with Crippen molar-refractivity contribution in [2.75, 3.05) is 0 Å². The Morgan fingerprint density at radius 2 is 0.784 bits per heavy atom. The molecule has 3 heteroatoms. The average Bonchev–Trinajstić information content (AvgIpc) is 2.98. The van der Waals surface area contributed by atoms with E-state index < -0.39 is 0 Å². The molecule has 0 amide bonds. The van der Waals surface area contributed by atoms with Gasteiger partial charge < -0.3 is 0 Å². The quantitative estimate of drug-likeness (QED) is 0.238. The largest absolute Gasteiger partial charge is 0.228 e. The molecule has 0 fully saturated rings. The van der Waals surface area contributed by atoms with E-state index in [-0.39, 0.29) is 0 Å². The minimum atomic E-state index is 0.671. The van der Waals surface area contributed by atoms with E-state index in [4.69, 9.17) is 21.6 Å². The summed E-state index contributed by atoms with van der Waals surface area (Å²) in [6, 6.07) is 47.4. The molecule has 6 aromatic rings. The van der Waals surface area contributed by atoms with Crippen LogP contribution in [0.3, 0.4) is 0 Å². The summed E-state index contributed by atoms with van der Waals surface area (Å²) in [6.45, 7) is 0. The molecule has 176 valence electrons. The highest BCUT2D eigenvalue weighted by Gasteiger charge is 2.12. The molecular formula is C34H23ClN2. The Morgan fingerprint density at radius 3 is 1.38 bits per heavy atom. The van der Waals surface area contributed by atoms with E-state index in [1.807, 2.05) is 72.8 Å². The van der Waals surface area contributed by atoms with E-state index in [0.29, 0.717) is 10.8 Å². The highest BCUT2D eigenvalue weighted by Crippen LogP contribution is 2.33. The van der Waals surface area contributed by atoms with Crippen LogP contribution in [0.25, 0.3) is 56.2 Å². The molecule has 0 aliphatic rings. The van der Waals surface area contributed by atoms with Crippen molar-refractivity contribution in [1.82, 2.24) is 9.97 Å². The zero-order valence-corrected chi connectivity index (χ0v) is 20.8. The minimum absolute atomic E-state index is 0.671. The Hall–Kier alpha value is -4.53. The fourth-order valence-corrected chi connectivity index (χ4v) is 4.69. The van der Waals surface area contributed by atoms with Gasteiger partial charge in [-0.3, -0.25) is 0 Å². The molecule has 0 bridgehead atoms. The number of rotatable bonds is 5. The predicted octanol–water partition coefficient (Wildman–Crippen LogP) is 9.46. The molecule has 5 aromatic carbocycles. The van der Waals surface area contributed by atoms with Crippen molar-refractivity contribution in [2.24, 2.45) is 0 Å². The third-order valence-corrected chi connectivity index (χ3v) is 6.56. The first-order chi connectivity index (χ1) is 18.2. The van der Waals surface area contributed by atoms with E-state index in [2.05, 4.69) is 66.7 Å². The molecule has 0 spiro atoms. The van der Waals surface area contributed by atoms with Crippen molar-refractivity contribution in [3.05, 3.63) is 145 Å². The van der Waals surface area contributed by atoms with Crippen LogP contribution in [0.15, 0.2) is 140 Å². The maximum absolute atomic E-state index is 6.60. The van der Waals surface area contributed by atoms with Gasteiger partial charge in [-0.1, -0.05) is 127 Å². The molecule has 0 unspecified atom stereocenters. The van der Waals surface area contributed by atoms with Crippen molar-refractivity contribution < 1.29 is 0 Å². The summed E-state index contributed by atoms with van der Waals surface area (Å²) in [5.41, 5.74) is 9.17. The third-order valence-electron chi connectivity index (χ3n) is 6.35. The highest BCUT2D eigenvalue weighted by molar-refractivity contribution is 6.31. The van der Waals surface area contributed by atoms with Crippen LogP contribution in [0.5, 0.6) is 0 Å². The number of benzene rings is 5. The molecule has 6 rings (SSSR count). The van der Waals surface area contributed by atoms with E-state index >= 15 is 0 Å². The van der Waals surface area contributed by atoms with Crippen LogP contribution in [0, 0.1) is 0 Å². The van der Waals surface area contributed by atoms with E-state index in [1.54, 1.807) is 0 Å². The zero-order valence-electron chi connectivity index (χ0n) is 20.1. The van der Waals surface area contributed by atoms with Gasteiger partial charge in [0.15, 0.2) is 5.82 Å². The van der Waals surface area contributed by atoms with Crippen molar-refractivity contribution >= 4 is 11.6 Å². The number of hydrogen-bond donors (Lipinski definition) is 0. The lowest BCUT2D eigenvalue weighted by Crippen LogP contribution is -1.96. The summed E-state index contributed by atoms with van der Waals surface area (Å²) in [7, 11) is 0. The van der Waals surface area contributed by atoms with Crippen LogP contribution in [0.2, 0.25) is 5.02 Å². The lowest BCUT2D eigenvalue weighted by molar-refractivity contribution is 1.18. The van der Waals surface area contributed by atoms with Crippen LogP contribution < -0.4 is 0 Å². The smallest absolute Gasteiger partial charge is 0.160 e. The van der Waals surface area contributed by atoms with Crippen molar-refractivity contribution in [2.45, 2.75) is 0 Å². The van der Waals surface area contributed by atoms with Crippen LogP contribution >= 0.6 is 11.6 Å². The third kappa shape index (κ3) is 5.06. The Kier molecular flexibility index (Phi) is 6.33. The Bertz CT molecular complexity index is 1650. The van der Waals surface area contributed by atoms with Crippen LogP contribution in [-0.4, -0.2) is 9.97 Å².